The molecule has 1 aromatic heterocycles. The quantitative estimate of drug-likeness (QED) is 0.739. The molecular weight excluding hydrogens is 192 g/mol. The summed E-state index contributed by atoms with van der Waals surface area (Å²) in [7, 11) is 3.54. The highest BCUT2D eigenvalue weighted by Gasteiger charge is 2.02. The number of methoxy groups -OCH3 is 1. The summed E-state index contributed by atoms with van der Waals surface area (Å²) < 4.78 is 5.05. The average Bonchev–Trinajstić information content (AvgIpc) is 2.27. The van der Waals surface area contributed by atoms with Crippen molar-refractivity contribution in [1.82, 2.24) is 9.97 Å². The topological polar surface area (TPSA) is 59.1 Å². The molecule has 15 heavy (non-hydrogen) atoms. The van der Waals surface area contributed by atoms with E-state index in [2.05, 4.69) is 27.5 Å². The van der Waals surface area contributed by atoms with E-state index in [1.807, 2.05) is 13.1 Å². The van der Waals surface area contributed by atoms with Gasteiger partial charge in [0.05, 0.1) is 6.61 Å². The van der Waals surface area contributed by atoms with E-state index in [4.69, 9.17) is 4.74 Å². The molecule has 0 fully saturated rings. The van der Waals surface area contributed by atoms with Crippen LogP contribution in [0.3, 0.4) is 0 Å². The molecule has 1 unspecified atom stereocenters. The maximum Gasteiger partial charge on any atom is 0.131 e. The molecule has 2 N–H and O–H groups in total. The van der Waals surface area contributed by atoms with Crippen molar-refractivity contribution in [2.45, 2.75) is 6.92 Å². The van der Waals surface area contributed by atoms with Crippen LogP contribution < -0.4 is 10.6 Å². The molecule has 5 nitrogen and oxygen atoms in total. The summed E-state index contributed by atoms with van der Waals surface area (Å²) in [6, 6.07) is 1.87. The van der Waals surface area contributed by atoms with Gasteiger partial charge in [-0.25, -0.2) is 9.97 Å². The Morgan fingerprint density at radius 2 is 2.13 bits per heavy atom. The summed E-state index contributed by atoms with van der Waals surface area (Å²) in [5, 5.41) is 6.20. The SMILES string of the molecule is CNc1cc(NCC(C)COC)ncn1. The van der Waals surface area contributed by atoms with Crippen LogP contribution in [-0.2, 0) is 4.74 Å². The molecule has 0 spiro atoms. The highest BCUT2D eigenvalue weighted by Crippen LogP contribution is 2.08. The van der Waals surface area contributed by atoms with Crippen LogP contribution in [0.1, 0.15) is 6.92 Å². The van der Waals surface area contributed by atoms with E-state index in [0.29, 0.717) is 5.92 Å². The van der Waals surface area contributed by atoms with Crippen molar-refractivity contribution in [3.8, 4) is 0 Å². The summed E-state index contributed by atoms with van der Waals surface area (Å²) in [4.78, 5) is 8.15. The van der Waals surface area contributed by atoms with Crippen LogP contribution in [0.15, 0.2) is 12.4 Å². The van der Waals surface area contributed by atoms with E-state index in [1.165, 1.54) is 6.33 Å². The Labute approximate surface area is 90.3 Å². The van der Waals surface area contributed by atoms with Gasteiger partial charge >= 0.3 is 0 Å². The molecule has 5 heteroatoms. The minimum atomic E-state index is 0.461. The summed E-state index contributed by atoms with van der Waals surface area (Å²) in [6.07, 6.45) is 1.54. The second kappa shape index (κ2) is 6.19. The predicted octanol–water partition coefficient (Wildman–Crippen LogP) is 1.21. The predicted molar refractivity (Wildman–Crippen MR) is 61.1 cm³/mol. The number of hydrogen-bond donors (Lipinski definition) is 2. The number of hydrogen-bond acceptors (Lipinski definition) is 5. The number of aromatic nitrogens is 2. The zero-order chi connectivity index (χ0) is 11.1. The fourth-order valence-corrected chi connectivity index (χ4v) is 1.21. The van der Waals surface area contributed by atoms with E-state index in [1.54, 1.807) is 7.11 Å². The van der Waals surface area contributed by atoms with Crippen LogP contribution in [0.25, 0.3) is 0 Å². The Bertz CT molecular complexity index is 293. The van der Waals surface area contributed by atoms with Gasteiger partial charge < -0.3 is 15.4 Å². The molecule has 1 atom stereocenters. The van der Waals surface area contributed by atoms with Gasteiger partial charge in [-0.15, -0.1) is 0 Å². The molecule has 1 heterocycles. The van der Waals surface area contributed by atoms with Crippen molar-refractivity contribution >= 4 is 11.6 Å². The first-order chi connectivity index (χ1) is 7.26. The molecule has 0 amide bonds. The third-order valence-electron chi connectivity index (χ3n) is 2.01. The van der Waals surface area contributed by atoms with Crippen molar-refractivity contribution in [1.29, 1.82) is 0 Å². The van der Waals surface area contributed by atoms with Gasteiger partial charge in [-0.05, 0) is 5.92 Å². The molecule has 1 rings (SSSR count). The number of anilines is 2. The van der Waals surface area contributed by atoms with E-state index >= 15 is 0 Å². The second-order valence-corrected chi connectivity index (χ2v) is 3.48. The Morgan fingerprint density at radius 1 is 1.40 bits per heavy atom. The second-order valence-electron chi connectivity index (χ2n) is 3.48. The van der Waals surface area contributed by atoms with Crippen molar-refractivity contribution in [3.05, 3.63) is 12.4 Å². The van der Waals surface area contributed by atoms with Gasteiger partial charge in [0.1, 0.15) is 18.0 Å². The van der Waals surface area contributed by atoms with Gasteiger partial charge in [0.25, 0.3) is 0 Å². The third kappa shape index (κ3) is 4.12. The van der Waals surface area contributed by atoms with Crippen LogP contribution in [0.2, 0.25) is 0 Å². The Hall–Kier alpha value is -1.36. The van der Waals surface area contributed by atoms with Crippen molar-refractivity contribution < 1.29 is 4.74 Å². The Balaban J connectivity index is 2.43. The first-order valence-corrected chi connectivity index (χ1v) is 4.99. The molecule has 0 aliphatic carbocycles. The Morgan fingerprint density at radius 3 is 2.80 bits per heavy atom. The molecular formula is C10H18N4O. The van der Waals surface area contributed by atoms with E-state index in [-0.39, 0.29) is 0 Å². The monoisotopic (exact) mass is 210 g/mol. The molecule has 0 saturated heterocycles. The lowest BCUT2D eigenvalue weighted by Crippen LogP contribution is -2.16. The van der Waals surface area contributed by atoms with Crippen LogP contribution in [-0.4, -0.2) is 37.3 Å². The number of nitrogens with zero attached hydrogens (tertiary/aromatic N) is 2. The largest absolute Gasteiger partial charge is 0.384 e. The van der Waals surface area contributed by atoms with Crippen molar-refractivity contribution in [2.24, 2.45) is 5.92 Å². The van der Waals surface area contributed by atoms with Crippen LogP contribution in [0.5, 0.6) is 0 Å². The maximum atomic E-state index is 5.05. The van der Waals surface area contributed by atoms with Crippen LogP contribution in [0, 0.1) is 5.92 Å². The van der Waals surface area contributed by atoms with E-state index < -0.39 is 0 Å². The van der Waals surface area contributed by atoms with Crippen LogP contribution in [0.4, 0.5) is 11.6 Å². The maximum absolute atomic E-state index is 5.05. The molecule has 1 aromatic rings. The fourth-order valence-electron chi connectivity index (χ4n) is 1.21. The van der Waals surface area contributed by atoms with Gasteiger partial charge in [0.15, 0.2) is 0 Å². The zero-order valence-corrected chi connectivity index (χ0v) is 9.45. The van der Waals surface area contributed by atoms with Gasteiger partial charge in [0, 0.05) is 26.8 Å². The van der Waals surface area contributed by atoms with Crippen molar-refractivity contribution in [3.63, 3.8) is 0 Å². The van der Waals surface area contributed by atoms with E-state index in [0.717, 1.165) is 24.8 Å². The van der Waals surface area contributed by atoms with Crippen molar-refractivity contribution in [2.75, 3.05) is 37.9 Å². The summed E-state index contributed by atoms with van der Waals surface area (Å²) in [6.45, 7) is 3.71. The summed E-state index contributed by atoms with van der Waals surface area (Å²) in [5.41, 5.74) is 0. The van der Waals surface area contributed by atoms with Gasteiger partial charge in [-0.3, -0.25) is 0 Å². The highest BCUT2D eigenvalue weighted by molar-refractivity contribution is 5.45. The summed E-state index contributed by atoms with van der Waals surface area (Å²) in [5.74, 6) is 2.10. The normalized spacial score (nSPS) is 12.2. The smallest absolute Gasteiger partial charge is 0.131 e. The average molecular weight is 210 g/mol. The highest BCUT2D eigenvalue weighted by atomic mass is 16.5. The number of ether oxygens (including phenoxy) is 1. The molecule has 0 radical (unpaired) electrons. The molecule has 0 aliphatic heterocycles. The zero-order valence-electron chi connectivity index (χ0n) is 9.45. The molecule has 0 aliphatic rings. The fraction of sp³-hybridized carbons (Fsp3) is 0.600. The third-order valence-corrected chi connectivity index (χ3v) is 2.01. The van der Waals surface area contributed by atoms with Gasteiger partial charge in [-0.1, -0.05) is 6.92 Å². The Kier molecular flexibility index (Phi) is 4.83. The lowest BCUT2D eigenvalue weighted by Gasteiger charge is -2.12. The first-order valence-electron chi connectivity index (χ1n) is 4.99. The lowest BCUT2D eigenvalue weighted by molar-refractivity contribution is 0.164. The standard InChI is InChI=1S/C10H18N4O/c1-8(6-15-3)5-12-10-4-9(11-2)13-7-14-10/h4,7-8H,5-6H2,1-3H3,(H2,11,12,13,14). The van der Waals surface area contributed by atoms with Gasteiger partial charge in [-0.2, -0.15) is 0 Å². The summed E-state index contributed by atoms with van der Waals surface area (Å²) >= 11 is 0. The first kappa shape index (κ1) is 11.7. The van der Waals surface area contributed by atoms with Gasteiger partial charge in [0.2, 0.25) is 0 Å². The lowest BCUT2D eigenvalue weighted by atomic mass is 10.2. The number of rotatable bonds is 6. The molecule has 84 valence electrons. The molecule has 0 aromatic carbocycles. The molecule has 0 saturated carbocycles. The number of nitrogens with one attached hydrogen (secondary N) is 2. The minimum absolute atomic E-state index is 0.461. The minimum Gasteiger partial charge on any atom is -0.384 e. The van der Waals surface area contributed by atoms with Crippen LogP contribution >= 0.6 is 0 Å². The van der Waals surface area contributed by atoms with E-state index in [9.17, 15) is 0 Å². The molecule has 0 bridgehead atoms.